The van der Waals surface area contributed by atoms with E-state index in [2.05, 4.69) is 71.6 Å². The molecule has 0 aliphatic heterocycles. The lowest BCUT2D eigenvalue weighted by molar-refractivity contribution is -0.0674. The number of hydrogen-bond acceptors (Lipinski definition) is 3. The van der Waals surface area contributed by atoms with Crippen LogP contribution in [0, 0.1) is 5.92 Å². The number of ether oxygens (including phenoxy) is 1. The van der Waals surface area contributed by atoms with Gasteiger partial charge in [0.2, 0.25) is 0 Å². The second kappa shape index (κ2) is 10.1. The van der Waals surface area contributed by atoms with Crippen molar-refractivity contribution in [2.75, 3.05) is 13.7 Å². The van der Waals surface area contributed by atoms with Crippen molar-refractivity contribution in [3.05, 3.63) is 102 Å². The smallest absolute Gasteiger partial charge is 0.119 e. The molecule has 0 saturated heterocycles. The third kappa shape index (κ3) is 5.36. The van der Waals surface area contributed by atoms with Gasteiger partial charge in [-0.1, -0.05) is 85.6 Å². The average molecular weight is 416 g/mol. The highest BCUT2D eigenvalue weighted by Gasteiger charge is 2.41. The molecule has 3 nitrogen and oxygen atoms in total. The quantitative estimate of drug-likeness (QED) is 0.506. The molecule has 1 saturated carbocycles. The summed E-state index contributed by atoms with van der Waals surface area (Å²) in [5.74, 6) is 0.987. The number of rotatable bonds is 8. The zero-order valence-electron chi connectivity index (χ0n) is 18.4. The van der Waals surface area contributed by atoms with Crippen LogP contribution in [0.2, 0.25) is 0 Å². The lowest BCUT2D eigenvalue weighted by Crippen LogP contribution is -2.44. The predicted octanol–water partition coefficient (Wildman–Crippen LogP) is 5.78. The Hall–Kier alpha value is -2.62. The summed E-state index contributed by atoms with van der Waals surface area (Å²) in [7, 11) is 1.68. The van der Waals surface area contributed by atoms with E-state index in [4.69, 9.17) is 4.74 Å². The summed E-state index contributed by atoms with van der Waals surface area (Å²) in [4.78, 5) is 2.49. The zero-order valence-corrected chi connectivity index (χ0v) is 18.4. The van der Waals surface area contributed by atoms with Gasteiger partial charge in [0.05, 0.1) is 12.7 Å². The summed E-state index contributed by atoms with van der Waals surface area (Å²) in [6, 6.07) is 29.3. The van der Waals surface area contributed by atoms with Gasteiger partial charge in [-0.15, -0.1) is 0 Å². The molecule has 1 aliphatic rings. The first-order valence-electron chi connectivity index (χ1n) is 11.3. The second-order valence-corrected chi connectivity index (χ2v) is 8.74. The second-order valence-electron chi connectivity index (χ2n) is 8.74. The lowest BCUT2D eigenvalue weighted by atomic mass is 9.71. The van der Waals surface area contributed by atoms with Crippen molar-refractivity contribution in [3.8, 4) is 5.75 Å². The Bertz CT molecular complexity index is 902. The minimum Gasteiger partial charge on any atom is -0.497 e. The molecular formula is C28H33NO2. The van der Waals surface area contributed by atoms with Crippen molar-refractivity contribution in [2.45, 2.75) is 44.4 Å². The first-order valence-corrected chi connectivity index (χ1v) is 11.3. The summed E-state index contributed by atoms with van der Waals surface area (Å²) in [6.45, 7) is 2.61. The molecular weight excluding hydrogens is 382 g/mol. The molecule has 0 spiro atoms. The molecule has 3 heteroatoms. The summed E-state index contributed by atoms with van der Waals surface area (Å²) in [5, 5.41) is 11.9. The fourth-order valence-corrected chi connectivity index (χ4v) is 4.92. The van der Waals surface area contributed by atoms with Crippen LogP contribution in [0.15, 0.2) is 84.9 Å². The van der Waals surface area contributed by atoms with E-state index >= 15 is 0 Å². The summed E-state index contributed by atoms with van der Waals surface area (Å²) in [6.07, 6.45) is 4.06. The lowest BCUT2D eigenvalue weighted by Gasteiger charge is -2.43. The molecule has 0 bridgehead atoms. The average Bonchev–Trinajstić information content (AvgIpc) is 2.82. The van der Waals surface area contributed by atoms with Crippen molar-refractivity contribution in [2.24, 2.45) is 5.92 Å². The Morgan fingerprint density at radius 3 is 2.13 bits per heavy atom. The zero-order chi connectivity index (χ0) is 21.5. The van der Waals surface area contributed by atoms with Gasteiger partial charge in [0.1, 0.15) is 5.75 Å². The molecule has 0 heterocycles. The fourth-order valence-electron chi connectivity index (χ4n) is 4.92. The molecule has 0 unspecified atom stereocenters. The topological polar surface area (TPSA) is 32.7 Å². The molecule has 1 N–H and O–H groups in total. The van der Waals surface area contributed by atoms with Crippen molar-refractivity contribution in [1.29, 1.82) is 0 Å². The van der Waals surface area contributed by atoms with Gasteiger partial charge in [-0.05, 0) is 41.7 Å². The molecule has 4 rings (SSSR count). The maximum atomic E-state index is 11.9. The number of benzene rings is 3. The van der Waals surface area contributed by atoms with Gasteiger partial charge in [-0.3, -0.25) is 4.90 Å². The van der Waals surface area contributed by atoms with Gasteiger partial charge < -0.3 is 9.84 Å². The molecule has 3 aromatic carbocycles. The molecule has 3 aromatic rings. The maximum Gasteiger partial charge on any atom is 0.119 e. The SMILES string of the molecule is COc1cccc([C@@]2(O)CCCC[C@@H]2CN(Cc2ccccc2)Cc2ccccc2)c1. The maximum absolute atomic E-state index is 11.9. The van der Waals surface area contributed by atoms with E-state index in [0.29, 0.717) is 0 Å². The molecule has 0 radical (unpaired) electrons. The number of aliphatic hydroxyl groups is 1. The Balaban J connectivity index is 1.59. The Morgan fingerprint density at radius 2 is 1.52 bits per heavy atom. The first kappa shape index (κ1) is 21.6. The van der Waals surface area contributed by atoms with Gasteiger partial charge in [0, 0.05) is 25.6 Å². The number of hydrogen-bond donors (Lipinski definition) is 1. The van der Waals surface area contributed by atoms with Crippen LogP contribution in [-0.2, 0) is 18.7 Å². The number of nitrogens with zero attached hydrogens (tertiary/aromatic N) is 1. The van der Waals surface area contributed by atoms with E-state index in [0.717, 1.165) is 50.2 Å². The molecule has 162 valence electrons. The third-order valence-corrected chi connectivity index (χ3v) is 6.58. The Kier molecular flexibility index (Phi) is 7.06. The number of methoxy groups -OCH3 is 1. The third-order valence-electron chi connectivity index (χ3n) is 6.58. The minimum absolute atomic E-state index is 0.181. The molecule has 0 aromatic heterocycles. The largest absolute Gasteiger partial charge is 0.497 e. The van der Waals surface area contributed by atoms with Gasteiger partial charge in [0.25, 0.3) is 0 Å². The van der Waals surface area contributed by atoms with Gasteiger partial charge in [-0.2, -0.15) is 0 Å². The Morgan fingerprint density at radius 1 is 0.871 bits per heavy atom. The van der Waals surface area contributed by atoms with Crippen LogP contribution >= 0.6 is 0 Å². The van der Waals surface area contributed by atoms with Gasteiger partial charge in [-0.25, -0.2) is 0 Å². The van der Waals surface area contributed by atoms with E-state index in [1.54, 1.807) is 7.11 Å². The van der Waals surface area contributed by atoms with Crippen LogP contribution in [0.1, 0.15) is 42.4 Å². The minimum atomic E-state index is -0.821. The van der Waals surface area contributed by atoms with E-state index in [9.17, 15) is 5.11 Å². The van der Waals surface area contributed by atoms with Crippen LogP contribution in [0.3, 0.4) is 0 Å². The van der Waals surface area contributed by atoms with Gasteiger partial charge >= 0.3 is 0 Å². The van der Waals surface area contributed by atoms with Crippen molar-refractivity contribution in [1.82, 2.24) is 4.90 Å². The van der Waals surface area contributed by atoms with Crippen LogP contribution in [0.4, 0.5) is 0 Å². The van der Waals surface area contributed by atoms with E-state index in [1.165, 1.54) is 17.5 Å². The van der Waals surface area contributed by atoms with Crippen LogP contribution in [0.25, 0.3) is 0 Å². The summed E-state index contributed by atoms with van der Waals surface area (Å²) >= 11 is 0. The van der Waals surface area contributed by atoms with Crippen LogP contribution in [0.5, 0.6) is 5.75 Å². The van der Waals surface area contributed by atoms with Crippen molar-refractivity contribution in [3.63, 3.8) is 0 Å². The fraction of sp³-hybridized carbons (Fsp3) is 0.357. The molecule has 2 atom stereocenters. The van der Waals surface area contributed by atoms with E-state index < -0.39 is 5.60 Å². The molecule has 31 heavy (non-hydrogen) atoms. The summed E-state index contributed by atoms with van der Waals surface area (Å²) < 4.78 is 5.44. The predicted molar refractivity (Wildman–Crippen MR) is 126 cm³/mol. The van der Waals surface area contributed by atoms with E-state index in [1.807, 2.05) is 18.2 Å². The standard InChI is InChI=1S/C28H33NO2/c1-31-27-17-10-16-25(19-27)28(30)18-9-8-15-26(28)22-29(20-23-11-4-2-5-12-23)21-24-13-6-3-7-14-24/h2-7,10-14,16-17,19,26,30H,8-9,15,18,20-22H2,1H3/t26-,28+/m1/s1. The summed E-state index contributed by atoms with van der Waals surface area (Å²) in [5.41, 5.74) is 2.77. The monoisotopic (exact) mass is 415 g/mol. The highest BCUT2D eigenvalue weighted by atomic mass is 16.5. The van der Waals surface area contributed by atoms with Gasteiger partial charge in [0.15, 0.2) is 0 Å². The first-order chi connectivity index (χ1) is 15.2. The normalized spacial score (nSPS) is 21.2. The highest BCUT2D eigenvalue weighted by molar-refractivity contribution is 5.33. The van der Waals surface area contributed by atoms with Crippen molar-refractivity contribution >= 4 is 0 Å². The van der Waals surface area contributed by atoms with Crippen LogP contribution < -0.4 is 4.74 Å². The van der Waals surface area contributed by atoms with Crippen molar-refractivity contribution < 1.29 is 9.84 Å². The molecule has 1 fully saturated rings. The highest BCUT2D eigenvalue weighted by Crippen LogP contribution is 2.43. The van der Waals surface area contributed by atoms with Crippen LogP contribution in [-0.4, -0.2) is 23.7 Å². The Labute approximate surface area is 186 Å². The molecule has 0 amide bonds. The van der Waals surface area contributed by atoms with E-state index in [-0.39, 0.29) is 5.92 Å². The molecule has 1 aliphatic carbocycles.